The Kier molecular flexibility index (Phi) is 4.24. The fourth-order valence-corrected chi connectivity index (χ4v) is 2.44. The van der Waals surface area contributed by atoms with Crippen LogP contribution in [0.15, 0.2) is 0 Å². The molecule has 1 fully saturated rings. The maximum atomic E-state index is 5.67. The maximum absolute atomic E-state index is 5.67. The van der Waals surface area contributed by atoms with Crippen LogP contribution in [0.25, 0.3) is 0 Å². The van der Waals surface area contributed by atoms with Crippen LogP contribution in [0.3, 0.4) is 0 Å². The lowest BCUT2D eigenvalue weighted by molar-refractivity contribution is 0.220. The summed E-state index contributed by atoms with van der Waals surface area (Å²) >= 11 is 0. The molecule has 78 valence electrons. The topological polar surface area (TPSA) is 26.0 Å². The van der Waals surface area contributed by atoms with Crippen molar-refractivity contribution in [1.29, 1.82) is 0 Å². The summed E-state index contributed by atoms with van der Waals surface area (Å²) in [6.45, 7) is 7.99. The minimum atomic E-state index is 0.872. The molecule has 13 heavy (non-hydrogen) atoms. The second-order valence-corrected chi connectivity index (χ2v) is 4.82. The molecule has 0 heterocycles. The fourth-order valence-electron chi connectivity index (χ4n) is 2.44. The summed E-state index contributed by atoms with van der Waals surface area (Å²) in [6.07, 6.45) is 5.49. The Morgan fingerprint density at radius 2 is 1.92 bits per heavy atom. The highest BCUT2D eigenvalue weighted by Crippen LogP contribution is 2.44. The number of hydrogen-bond acceptors (Lipinski definition) is 1. The zero-order valence-electron chi connectivity index (χ0n) is 9.42. The normalized spacial score (nSPS) is 24.0. The van der Waals surface area contributed by atoms with Crippen molar-refractivity contribution in [2.75, 3.05) is 6.54 Å². The summed E-state index contributed by atoms with van der Waals surface area (Å²) in [5.74, 6) is 3.69. The molecule has 0 amide bonds. The third-order valence-corrected chi connectivity index (χ3v) is 3.94. The average molecular weight is 183 g/mol. The Bertz CT molecular complexity index is 140. The third kappa shape index (κ3) is 2.98. The van der Waals surface area contributed by atoms with E-state index in [9.17, 15) is 0 Å². The van der Waals surface area contributed by atoms with Gasteiger partial charge in [0, 0.05) is 0 Å². The monoisotopic (exact) mass is 183 g/mol. The molecular weight excluding hydrogens is 158 g/mol. The van der Waals surface area contributed by atoms with Crippen LogP contribution in [-0.2, 0) is 0 Å². The fraction of sp³-hybridized carbons (Fsp3) is 1.00. The van der Waals surface area contributed by atoms with Gasteiger partial charge in [-0.1, -0.05) is 27.2 Å². The van der Waals surface area contributed by atoms with E-state index < -0.39 is 0 Å². The summed E-state index contributed by atoms with van der Waals surface area (Å²) in [4.78, 5) is 0. The van der Waals surface area contributed by atoms with Crippen molar-refractivity contribution >= 4 is 0 Å². The Labute approximate surface area is 83.1 Å². The first-order valence-electron chi connectivity index (χ1n) is 5.90. The molecule has 0 bridgehead atoms. The first-order chi connectivity index (χ1) is 6.20. The molecule has 0 aromatic heterocycles. The lowest BCUT2D eigenvalue weighted by Crippen LogP contribution is -2.23. The zero-order valence-corrected chi connectivity index (χ0v) is 9.42. The first kappa shape index (κ1) is 11.0. The summed E-state index contributed by atoms with van der Waals surface area (Å²) in [5.41, 5.74) is 5.67. The largest absolute Gasteiger partial charge is 0.330 e. The molecule has 1 nitrogen and oxygen atoms in total. The van der Waals surface area contributed by atoms with Crippen LogP contribution in [-0.4, -0.2) is 6.54 Å². The summed E-state index contributed by atoms with van der Waals surface area (Å²) < 4.78 is 0. The second kappa shape index (κ2) is 4.99. The molecule has 0 spiro atoms. The van der Waals surface area contributed by atoms with Crippen LogP contribution in [0.2, 0.25) is 0 Å². The van der Waals surface area contributed by atoms with Gasteiger partial charge in [0.15, 0.2) is 0 Å². The average Bonchev–Trinajstić information content (AvgIpc) is 2.95. The SMILES string of the molecule is CCC(C)C(C)[C@@H](CCN)C1CC1. The number of nitrogens with two attached hydrogens (primary N) is 1. The summed E-state index contributed by atoms with van der Waals surface area (Å²) in [7, 11) is 0. The van der Waals surface area contributed by atoms with E-state index in [1.807, 2.05) is 0 Å². The standard InChI is InChI=1S/C12H25N/c1-4-9(2)10(3)12(7-8-13)11-5-6-11/h9-12H,4-8,13H2,1-3H3/t9?,10?,12-/m1/s1. The molecule has 0 aliphatic heterocycles. The van der Waals surface area contributed by atoms with E-state index in [2.05, 4.69) is 20.8 Å². The predicted molar refractivity (Wildman–Crippen MR) is 58.5 cm³/mol. The zero-order chi connectivity index (χ0) is 9.84. The highest BCUT2D eigenvalue weighted by molar-refractivity contribution is 4.85. The van der Waals surface area contributed by atoms with Gasteiger partial charge in [-0.05, 0) is 49.5 Å². The molecule has 1 aliphatic rings. The van der Waals surface area contributed by atoms with Gasteiger partial charge in [0.05, 0.1) is 0 Å². The lowest BCUT2D eigenvalue weighted by Gasteiger charge is -2.28. The summed E-state index contributed by atoms with van der Waals surface area (Å²) in [6, 6.07) is 0. The molecule has 3 atom stereocenters. The van der Waals surface area contributed by atoms with Gasteiger partial charge in [0.1, 0.15) is 0 Å². The molecule has 0 radical (unpaired) electrons. The van der Waals surface area contributed by atoms with Gasteiger partial charge in [-0.15, -0.1) is 0 Å². The lowest BCUT2D eigenvalue weighted by atomic mass is 9.78. The van der Waals surface area contributed by atoms with Crippen molar-refractivity contribution in [3.05, 3.63) is 0 Å². The molecule has 1 heteroatoms. The molecule has 1 aliphatic carbocycles. The second-order valence-electron chi connectivity index (χ2n) is 4.82. The Morgan fingerprint density at radius 1 is 1.31 bits per heavy atom. The van der Waals surface area contributed by atoms with Crippen LogP contribution >= 0.6 is 0 Å². The van der Waals surface area contributed by atoms with Crippen molar-refractivity contribution in [3.63, 3.8) is 0 Å². The molecular formula is C12H25N. The predicted octanol–water partition coefficient (Wildman–Crippen LogP) is 3.04. The van der Waals surface area contributed by atoms with Gasteiger partial charge in [-0.3, -0.25) is 0 Å². The molecule has 0 aromatic rings. The van der Waals surface area contributed by atoms with E-state index >= 15 is 0 Å². The van der Waals surface area contributed by atoms with Crippen molar-refractivity contribution in [3.8, 4) is 0 Å². The minimum Gasteiger partial charge on any atom is -0.330 e. The van der Waals surface area contributed by atoms with E-state index in [-0.39, 0.29) is 0 Å². The molecule has 2 N–H and O–H groups in total. The van der Waals surface area contributed by atoms with Crippen molar-refractivity contribution < 1.29 is 0 Å². The Balaban J connectivity index is 2.42. The highest BCUT2D eigenvalue weighted by Gasteiger charge is 2.35. The minimum absolute atomic E-state index is 0.872. The van der Waals surface area contributed by atoms with Gasteiger partial charge < -0.3 is 5.73 Å². The highest BCUT2D eigenvalue weighted by atomic mass is 14.5. The molecule has 0 saturated heterocycles. The number of hydrogen-bond donors (Lipinski definition) is 1. The van der Waals surface area contributed by atoms with E-state index in [0.29, 0.717) is 0 Å². The molecule has 1 saturated carbocycles. The smallest absolute Gasteiger partial charge is 0.00744 e. The van der Waals surface area contributed by atoms with Crippen molar-refractivity contribution in [2.45, 2.75) is 46.5 Å². The van der Waals surface area contributed by atoms with Crippen LogP contribution in [0.1, 0.15) is 46.5 Å². The van der Waals surface area contributed by atoms with Gasteiger partial charge in [0.25, 0.3) is 0 Å². The first-order valence-corrected chi connectivity index (χ1v) is 5.90. The van der Waals surface area contributed by atoms with Gasteiger partial charge in [0.2, 0.25) is 0 Å². The van der Waals surface area contributed by atoms with Gasteiger partial charge >= 0.3 is 0 Å². The van der Waals surface area contributed by atoms with Crippen LogP contribution in [0.4, 0.5) is 0 Å². The Morgan fingerprint density at radius 3 is 2.31 bits per heavy atom. The maximum Gasteiger partial charge on any atom is -0.00744 e. The van der Waals surface area contributed by atoms with E-state index in [1.165, 1.54) is 25.7 Å². The van der Waals surface area contributed by atoms with E-state index in [0.717, 1.165) is 30.2 Å². The van der Waals surface area contributed by atoms with Gasteiger partial charge in [-0.2, -0.15) is 0 Å². The van der Waals surface area contributed by atoms with Gasteiger partial charge in [-0.25, -0.2) is 0 Å². The van der Waals surface area contributed by atoms with Crippen LogP contribution < -0.4 is 5.73 Å². The molecule has 0 aromatic carbocycles. The Hall–Kier alpha value is -0.0400. The van der Waals surface area contributed by atoms with Crippen LogP contribution in [0, 0.1) is 23.7 Å². The van der Waals surface area contributed by atoms with Crippen molar-refractivity contribution in [2.24, 2.45) is 29.4 Å². The third-order valence-electron chi connectivity index (χ3n) is 3.94. The van der Waals surface area contributed by atoms with Crippen LogP contribution in [0.5, 0.6) is 0 Å². The summed E-state index contributed by atoms with van der Waals surface area (Å²) in [5, 5.41) is 0. The van der Waals surface area contributed by atoms with Crippen molar-refractivity contribution in [1.82, 2.24) is 0 Å². The quantitative estimate of drug-likeness (QED) is 0.673. The van der Waals surface area contributed by atoms with E-state index in [1.54, 1.807) is 0 Å². The molecule has 2 unspecified atom stereocenters. The molecule has 1 rings (SSSR count). The number of rotatable bonds is 6. The van der Waals surface area contributed by atoms with E-state index in [4.69, 9.17) is 5.73 Å².